The number of amides is 1. The van der Waals surface area contributed by atoms with Gasteiger partial charge in [0.1, 0.15) is 5.82 Å². The number of ether oxygens (including phenoxy) is 1. The number of aromatic nitrogens is 4. The molecule has 3 aromatic heterocycles. The molecule has 1 aliphatic rings. The van der Waals surface area contributed by atoms with Crippen LogP contribution in [0.5, 0.6) is 0 Å². The van der Waals surface area contributed by atoms with Gasteiger partial charge in [-0.3, -0.25) is 4.79 Å². The van der Waals surface area contributed by atoms with Crippen LogP contribution in [0.3, 0.4) is 0 Å². The van der Waals surface area contributed by atoms with Crippen molar-refractivity contribution in [3.05, 3.63) is 48.4 Å². The second-order valence-corrected chi connectivity index (χ2v) is 6.36. The molecule has 4 heterocycles. The predicted molar refractivity (Wildman–Crippen MR) is 101 cm³/mol. The highest BCUT2D eigenvalue weighted by Crippen LogP contribution is 2.21. The first kappa shape index (κ1) is 17.2. The van der Waals surface area contributed by atoms with Gasteiger partial charge in [0.15, 0.2) is 0 Å². The van der Waals surface area contributed by atoms with Crippen molar-refractivity contribution in [2.75, 3.05) is 37.5 Å². The molecule has 0 aromatic carbocycles. The van der Waals surface area contributed by atoms with E-state index >= 15 is 0 Å². The van der Waals surface area contributed by atoms with Gasteiger partial charge in [0.25, 0.3) is 5.91 Å². The Morgan fingerprint density at radius 3 is 2.96 bits per heavy atom. The smallest absolute Gasteiger partial charge is 0.251 e. The first-order valence-corrected chi connectivity index (χ1v) is 8.71. The van der Waals surface area contributed by atoms with Crippen molar-refractivity contribution < 1.29 is 9.53 Å². The monoisotopic (exact) mass is 367 g/mol. The van der Waals surface area contributed by atoms with Gasteiger partial charge in [-0.15, -0.1) is 0 Å². The van der Waals surface area contributed by atoms with Gasteiger partial charge >= 0.3 is 0 Å². The quantitative estimate of drug-likeness (QED) is 0.688. The molecular weight excluding hydrogens is 346 g/mol. The number of fused-ring (bicyclic) bond motifs is 1. The lowest BCUT2D eigenvalue weighted by molar-refractivity contribution is 0.0782. The summed E-state index contributed by atoms with van der Waals surface area (Å²) < 4.78 is 7.32. The van der Waals surface area contributed by atoms with Gasteiger partial charge in [0.2, 0.25) is 5.95 Å². The molecule has 0 radical (unpaired) electrons. The average Bonchev–Trinajstić information content (AvgIpc) is 3.34. The molecule has 9 nitrogen and oxygen atoms in total. The molecule has 0 unspecified atom stereocenters. The molecule has 1 amide bonds. The van der Waals surface area contributed by atoms with Crippen LogP contribution in [0.1, 0.15) is 10.4 Å². The molecule has 0 saturated carbocycles. The van der Waals surface area contributed by atoms with E-state index in [1.165, 1.54) is 0 Å². The highest BCUT2D eigenvalue weighted by Gasteiger charge is 2.35. The highest BCUT2D eigenvalue weighted by atomic mass is 16.5. The fraction of sp³-hybridized carbons (Fsp3) is 0.333. The predicted octanol–water partition coefficient (Wildman–Crippen LogP) is 0.800. The van der Waals surface area contributed by atoms with Gasteiger partial charge in [0.05, 0.1) is 17.7 Å². The van der Waals surface area contributed by atoms with Crippen LogP contribution in [-0.2, 0) is 4.74 Å². The number of carbonyl (C=O) groups excluding carboxylic acids is 1. The van der Waals surface area contributed by atoms with E-state index in [9.17, 15) is 4.79 Å². The van der Waals surface area contributed by atoms with Gasteiger partial charge < -0.3 is 20.3 Å². The second kappa shape index (κ2) is 7.20. The van der Waals surface area contributed by atoms with E-state index in [2.05, 4.69) is 30.6 Å². The van der Waals surface area contributed by atoms with Crippen molar-refractivity contribution in [2.24, 2.45) is 0 Å². The standard InChI is InChI=1S/C18H21N7O2/c1-19-18-20-6-4-16(23-18)24-10-14(15(11-24)27-2)22-17(26)12-5-8-25-13(9-12)3-7-21-25/h3-9,14-15H,10-11H2,1-2H3,(H,22,26)(H,19,20,23)/t14-,15+/m1/s1. The van der Waals surface area contributed by atoms with E-state index in [1.807, 2.05) is 18.2 Å². The molecule has 0 spiro atoms. The lowest BCUT2D eigenvalue weighted by Gasteiger charge is -2.18. The van der Waals surface area contributed by atoms with Crippen LogP contribution in [-0.4, -0.2) is 64.9 Å². The van der Waals surface area contributed by atoms with Crippen LogP contribution in [0, 0.1) is 0 Å². The molecule has 3 aromatic rings. The summed E-state index contributed by atoms with van der Waals surface area (Å²) in [4.78, 5) is 23.4. The van der Waals surface area contributed by atoms with Gasteiger partial charge in [-0.25, -0.2) is 9.50 Å². The summed E-state index contributed by atoms with van der Waals surface area (Å²) >= 11 is 0. The molecule has 27 heavy (non-hydrogen) atoms. The fourth-order valence-electron chi connectivity index (χ4n) is 3.30. The maximum Gasteiger partial charge on any atom is 0.251 e. The number of rotatable bonds is 5. The highest BCUT2D eigenvalue weighted by molar-refractivity contribution is 5.95. The number of anilines is 2. The lowest BCUT2D eigenvalue weighted by atomic mass is 10.1. The normalized spacial score (nSPS) is 19.4. The Morgan fingerprint density at radius 2 is 2.15 bits per heavy atom. The fourth-order valence-corrected chi connectivity index (χ4v) is 3.30. The van der Waals surface area contributed by atoms with Gasteiger partial charge in [-0.05, 0) is 24.3 Å². The first-order valence-electron chi connectivity index (χ1n) is 8.71. The van der Waals surface area contributed by atoms with E-state index in [-0.39, 0.29) is 18.1 Å². The van der Waals surface area contributed by atoms with E-state index in [4.69, 9.17) is 4.74 Å². The van der Waals surface area contributed by atoms with E-state index in [1.54, 1.807) is 43.3 Å². The minimum absolute atomic E-state index is 0.124. The molecule has 2 N–H and O–H groups in total. The Balaban J connectivity index is 1.49. The Labute approximate surface area is 156 Å². The molecule has 1 fully saturated rings. The average molecular weight is 367 g/mol. The zero-order valence-electron chi connectivity index (χ0n) is 15.2. The summed E-state index contributed by atoms with van der Waals surface area (Å²) in [6.45, 7) is 1.25. The van der Waals surface area contributed by atoms with Crippen LogP contribution in [0.2, 0.25) is 0 Å². The van der Waals surface area contributed by atoms with Crippen LogP contribution >= 0.6 is 0 Å². The molecule has 1 saturated heterocycles. The number of nitrogens with zero attached hydrogens (tertiary/aromatic N) is 5. The summed E-state index contributed by atoms with van der Waals surface area (Å²) in [7, 11) is 3.44. The van der Waals surface area contributed by atoms with Crippen molar-refractivity contribution in [3.8, 4) is 0 Å². The van der Waals surface area contributed by atoms with Crippen molar-refractivity contribution in [1.82, 2.24) is 24.9 Å². The Kier molecular flexibility index (Phi) is 4.59. The Bertz CT molecular complexity index is 958. The van der Waals surface area contributed by atoms with Crippen molar-refractivity contribution in [2.45, 2.75) is 12.1 Å². The van der Waals surface area contributed by atoms with Crippen molar-refractivity contribution in [3.63, 3.8) is 0 Å². The topological polar surface area (TPSA) is 96.7 Å². The number of methoxy groups -OCH3 is 1. The van der Waals surface area contributed by atoms with Crippen molar-refractivity contribution >= 4 is 23.2 Å². The first-order chi connectivity index (χ1) is 13.2. The second-order valence-electron chi connectivity index (χ2n) is 6.36. The zero-order chi connectivity index (χ0) is 18.8. The molecule has 140 valence electrons. The molecule has 0 aliphatic carbocycles. The number of hydrogen-bond acceptors (Lipinski definition) is 7. The minimum atomic E-state index is -0.142. The van der Waals surface area contributed by atoms with Crippen molar-refractivity contribution in [1.29, 1.82) is 0 Å². The SMILES string of the molecule is CNc1nccc(N2C[C@H](OC)[C@H](NC(=O)c3ccn4nccc4c3)C2)n1. The summed E-state index contributed by atoms with van der Waals surface area (Å²) in [6.07, 6.45) is 5.07. The molecular formula is C18H21N7O2. The number of carbonyl (C=O) groups is 1. The summed E-state index contributed by atoms with van der Waals surface area (Å²) in [5, 5.41) is 10.2. The van der Waals surface area contributed by atoms with Crippen LogP contribution in [0.15, 0.2) is 42.9 Å². The van der Waals surface area contributed by atoms with Crippen LogP contribution in [0.25, 0.3) is 5.52 Å². The third-order valence-electron chi connectivity index (χ3n) is 4.74. The number of nitrogens with one attached hydrogen (secondary N) is 2. The minimum Gasteiger partial charge on any atom is -0.377 e. The number of pyridine rings is 1. The van der Waals surface area contributed by atoms with Gasteiger partial charge in [-0.2, -0.15) is 10.1 Å². The van der Waals surface area contributed by atoms with Crippen LogP contribution < -0.4 is 15.5 Å². The van der Waals surface area contributed by atoms with E-state index in [0.29, 0.717) is 24.6 Å². The third-order valence-corrected chi connectivity index (χ3v) is 4.74. The Morgan fingerprint density at radius 1 is 1.26 bits per heavy atom. The lowest BCUT2D eigenvalue weighted by Crippen LogP contribution is -2.43. The summed E-state index contributed by atoms with van der Waals surface area (Å²) in [5.41, 5.74) is 1.47. The largest absolute Gasteiger partial charge is 0.377 e. The van der Waals surface area contributed by atoms with E-state index in [0.717, 1.165) is 11.3 Å². The molecule has 9 heteroatoms. The maximum absolute atomic E-state index is 12.7. The maximum atomic E-state index is 12.7. The van der Waals surface area contributed by atoms with Gasteiger partial charge in [0, 0.05) is 51.4 Å². The zero-order valence-corrected chi connectivity index (χ0v) is 15.2. The summed E-state index contributed by atoms with van der Waals surface area (Å²) in [6, 6.07) is 7.15. The molecule has 2 atom stereocenters. The third kappa shape index (κ3) is 3.41. The van der Waals surface area contributed by atoms with E-state index < -0.39 is 0 Å². The molecule has 1 aliphatic heterocycles. The van der Waals surface area contributed by atoms with Gasteiger partial charge in [-0.1, -0.05) is 0 Å². The van der Waals surface area contributed by atoms with Crippen LogP contribution in [0.4, 0.5) is 11.8 Å². The number of hydrogen-bond donors (Lipinski definition) is 2. The summed E-state index contributed by atoms with van der Waals surface area (Å²) in [5.74, 6) is 1.23. The Hall–Kier alpha value is -3.20. The molecule has 0 bridgehead atoms. The molecule has 4 rings (SSSR count).